The summed E-state index contributed by atoms with van der Waals surface area (Å²) in [6, 6.07) is 5.30. The van der Waals surface area contributed by atoms with Crippen LogP contribution in [0.4, 0.5) is 13.2 Å². The SMILES string of the molecule is CC(C)c1nc2c(c3c1[C@H](c1ccc(C(F)(F)F)cc1)OC31CCOCC1)C(O)CC1(CC1)C2. The first-order valence-corrected chi connectivity index (χ1v) is 12.3. The van der Waals surface area contributed by atoms with E-state index in [9.17, 15) is 18.3 Å². The summed E-state index contributed by atoms with van der Waals surface area (Å²) in [5.74, 6) is 0.115. The van der Waals surface area contributed by atoms with E-state index in [0.29, 0.717) is 31.6 Å². The van der Waals surface area contributed by atoms with Gasteiger partial charge in [-0.15, -0.1) is 0 Å². The van der Waals surface area contributed by atoms with Crippen molar-refractivity contribution in [3.63, 3.8) is 0 Å². The smallest absolute Gasteiger partial charge is 0.388 e. The lowest BCUT2D eigenvalue weighted by Crippen LogP contribution is -2.36. The minimum atomic E-state index is -4.39. The molecule has 2 spiro atoms. The van der Waals surface area contributed by atoms with Crippen molar-refractivity contribution in [1.29, 1.82) is 0 Å². The molecule has 0 radical (unpaired) electrons. The molecule has 4 aliphatic rings. The highest BCUT2D eigenvalue weighted by atomic mass is 19.4. The monoisotopic (exact) mass is 473 g/mol. The Hall–Kier alpha value is -1.96. The molecule has 2 aromatic rings. The van der Waals surface area contributed by atoms with Crippen molar-refractivity contribution in [1.82, 2.24) is 4.98 Å². The number of nitrogens with zero attached hydrogens (tertiary/aromatic N) is 1. The molecule has 1 saturated carbocycles. The van der Waals surface area contributed by atoms with Crippen LogP contribution in [0, 0.1) is 5.41 Å². The fraction of sp³-hybridized carbons (Fsp3) is 0.593. The summed E-state index contributed by atoms with van der Waals surface area (Å²) in [6.07, 6.45) is -0.311. The lowest BCUT2D eigenvalue weighted by Gasteiger charge is -2.38. The molecule has 2 fully saturated rings. The van der Waals surface area contributed by atoms with Crippen LogP contribution in [0.15, 0.2) is 24.3 Å². The number of alkyl halides is 3. The number of ether oxygens (including phenoxy) is 2. The van der Waals surface area contributed by atoms with Gasteiger partial charge >= 0.3 is 6.18 Å². The Morgan fingerprint density at radius 2 is 1.71 bits per heavy atom. The average Bonchev–Trinajstić information content (AvgIpc) is 3.46. The van der Waals surface area contributed by atoms with Gasteiger partial charge in [-0.3, -0.25) is 4.98 Å². The van der Waals surface area contributed by atoms with Gasteiger partial charge in [-0.25, -0.2) is 0 Å². The van der Waals surface area contributed by atoms with Gasteiger partial charge in [-0.2, -0.15) is 13.2 Å². The van der Waals surface area contributed by atoms with Gasteiger partial charge in [0.2, 0.25) is 0 Å². The molecule has 1 aromatic carbocycles. The maximum absolute atomic E-state index is 13.2. The van der Waals surface area contributed by atoms with Crippen LogP contribution in [0.2, 0.25) is 0 Å². The van der Waals surface area contributed by atoms with Crippen molar-refractivity contribution >= 4 is 0 Å². The minimum Gasteiger partial charge on any atom is -0.388 e. The van der Waals surface area contributed by atoms with Gasteiger partial charge in [0.1, 0.15) is 6.10 Å². The number of rotatable bonds is 2. The predicted molar refractivity (Wildman–Crippen MR) is 119 cm³/mol. The number of aliphatic hydroxyl groups excluding tert-OH is 1. The van der Waals surface area contributed by atoms with E-state index in [1.165, 1.54) is 12.1 Å². The number of halogens is 3. The zero-order valence-electron chi connectivity index (χ0n) is 19.5. The van der Waals surface area contributed by atoms with Crippen LogP contribution in [0.3, 0.4) is 0 Å². The van der Waals surface area contributed by atoms with Crippen LogP contribution in [-0.2, 0) is 27.7 Å². The molecule has 1 unspecified atom stereocenters. The zero-order valence-corrected chi connectivity index (χ0v) is 19.5. The van der Waals surface area contributed by atoms with Crippen LogP contribution in [0.1, 0.15) is 103 Å². The van der Waals surface area contributed by atoms with Gasteiger partial charge in [0.15, 0.2) is 0 Å². The van der Waals surface area contributed by atoms with E-state index in [1.54, 1.807) is 0 Å². The minimum absolute atomic E-state index is 0.115. The molecule has 1 saturated heterocycles. The van der Waals surface area contributed by atoms with Crippen LogP contribution >= 0.6 is 0 Å². The van der Waals surface area contributed by atoms with E-state index >= 15 is 0 Å². The fourth-order valence-electron chi connectivity index (χ4n) is 6.36. The molecular formula is C27H30F3NO3. The molecule has 2 aliphatic carbocycles. The first-order chi connectivity index (χ1) is 16.1. The summed E-state index contributed by atoms with van der Waals surface area (Å²) in [4.78, 5) is 5.13. The van der Waals surface area contributed by atoms with Gasteiger partial charge in [-0.1, -0.05) is 26.0 Å². The third-order valence-corrected chi connectivity index (χ3v) is 8.29. The largest absolute Gasteiger partial charge is 0.416 e. The molecule has 4 nitrogen and oxygen atoms in total. The second-order valence-corrected chi connectivity index (χ2v) is 10.9. The lowest BCUT2D eigenvalue weighted by molar-refractivity contribution is -0.137. The summed E-state index contributed by atoms with van der Waals surface area (Å²) in [5, 5.41) is 11.4. The molecule has 1 aromatic heterocycles. The molecule has 34 heavy (non-hydrogen) atoms. The predicted octanol–water partition coefficient (Wildman–Crippen LogP) is 6.11. The number of fused-ring (bicyclic) bond motifs is 4. The number of aromatic nitrogens is 1. The maximum atomic E-state index is 13.2. The Balaban J connectivity index is 1.56. The molecule has 7 heteroatoms. The van der Waals surface area contributed by atoms with Gasteiger partial charge < -0.3 is 14.6 Å². The molecular weight excluding hydrogens is 443 g/mol. The molecule has 2 atom stereocenters. The van der Waals surface area contributed by atoms with Crippen molar-refractivity contribution < 1.29 is 27.8 Å². The van der Waals surface area contributed by atoms with Crippen LogP contribution in [-0.4, -0.2) is 23.3 Å². The Morgan fingerprint density at radius 1 is 1.03 bits per heavy atom. The first-order valence-electron chi connectivity index (χ1n) is 12.3. The molecule has 1 N–H and O–H groups in total. The topological polar surface area (TPSA) is 51.6 Å². The maximum Gasteiger partial charge on any atom is 0.416 e. The lowest BCUT2D eigenvalue weighted by atomic mass is 9.73. The summed E-state index contributed by atoms with van der Waals surface area (Å²) >= 11 is 0. The van der Waals surface area contributed by atoms with Crippen molar-refractivity contribution in [3.8, 4) is 0 Å². The highest BCUT2D eigenvalue weighted by Gasteiger charge is 2.55. The number of hydrogen-bond acceptors (Lipinski definition) is 4. The highest BCUT2D eigenvalue weighted by molar-refractivity contribution is 5.54. The number of hydrogen-bond donors (Lipinski definition) is 1. The van der Waals surface area contributed by atoms with Gasteiger partial charge in [0.25, 0.3) is 0 Å². The van der Waals surface area contributed by atoms with E-state index < -0.39 is 29.5 Å². The van der Waals surface area contributed by atoms with Crippen molar-refractivity contribution in [2.75, 3.05) is 13.2 Å². The third kappa shape index (κ3) is 3.42. The van der Waals surface area contributed by atoms with Crippen LogP contribution in [0.25, 0.3) is 0 Å². The second kappa shape index (κ2) is 7.52. The number of benzene rings is 1. The fourth-order valence-corrected chi connectivity index (χ4v) is 6.36. The third-order valence-electron chi connectivity index (χ3n) is 8.29. The zero-order chi connectivity index (χ0) is 23.9. The number of pyridine rings is 1. The second-order valence-electron chi connectivity index (χ2n) is 10.9. The Kier molecular flexibility index (Phi) is 4.98. The molecule has 6 rings (SSSR count). The van der Waals surface area contributed by atoms with Crippen LogP contribution in [0.5, 0.6) is 0 Å². The Labute approximate surface area is 197 Å². The number of aliphatic hydroxyl groups is 1. The highest BCUT2D eigenvalue weighted by Crippen LogP contribution is 2.62. The van der Waals surface area contributed by atoms with Crippen molar-refractivity contribution in [2.24, 2.45) is 5.41 Å². The first kappa shape index (κ1) is 22.5. The quantitative estimate of drug-likeness (QED) is 0.572. The Bertz CT molecular complexity index is 1120. The van der Waals surface area contributed by atoms with Crippen molar-refractivity contribution in [3.05, 3.63) is 63.5 Å². The van der Waals surface area contributed by atoms with E-state index in [2.05, 4.69) is 13.8 Å². The van der Waals surface area contributed by atoms with Gasteiger partial charge in [0.05, 0.1) is 17.3 Å². The van der Waals surface area contributed by atoms with E-state index in [4.69, 9.17) is 14.5 Å². The molecule has 3 heterocycles. The van der Waals surface area contributed by atoms with Gasteiger partial charge in [-0.05, 0) is 60.3 Å². The van der Waals surface area contributed by atoms with E-state index in [-0.39, 0.29) is 11.3 Å². The summed E-state index contributed by atoms with van der Waals surface area (Å²) in [6.45, 7) is 5.29. The molecule has 0 bridgehead atoms. The van der Waals surface area contributed by atoms with E-state index in [1.807, 2.05) is 0 Å². The summed E-state index contributed by atoms with van der Waals surface area (Å²) in [5.41, 5.74) is 4.39. The standard InChI is InChI=1S/C27H30F3NO3/c1-15(2)23-21-22(20-18(31-23)13-25(7-8-25)14-19(20)32)26(9-11-33-12-10-26)34-24(21)16-3-5-17(6-4-16)27(28,29)30/h3-6,15,19,24,32H,7-14H2,1-2H3/t19?,24-/m0/s1. The van der Waals surface area contributed by atoms with Crippen LogP contribution < -0.4 is 0 Å². The molecule has 2 aliphatic heterocycles. The summed E-state index contributed by atoms with van der Waals surface area (Å²) in [7, 11) is 0. The van der Waals surface area contributed by atoms with E-state index in [0.717, 1.165) is 65.9 Å². The molecule has 0 amide bonds. The van der Waals surface area contributed by atoms with Crippen molar-refractivity contribution in [2.45, 2.75) is 82.3 Å². The average molecular weight is 474 g/mol. The Morgan fingerprint density at radius 3 is 2.29 bits per heavy atom. The normalized spacial score (nSPS) is 26.7. The molecule has 182 valence electrons. The van der Waals surface area contributed by atoms with Gasteiger partial charge in [0, 0.05) is 48.6 Å². The summed E-state index contributed by atoms with van der Waals surface area (Å²) < 4.78 is 52.1.